The summed E-state index contributed by atoms with van der Waals surface area (Å²) in [6, 6.07) is 12.9. The van der Waals surface area contributed by atoms with Gasteiger partial charge in [0.1, 0.15) is 11.6 Å². The molecule has 2 amide bonds. The van der Waals surface area contributed by atoms with Crippen molar-refractivity contribution in [3.8, 4) is 5.75 Å². The van der Waals surface area contributed by atoms with E-state index >= 15 is 0 Å². The Hall–Kier alpha value is -2.93. The van der Waals surface area contributed by atoms with Gasteiger partial charge in [-0.3, -0.25) is 14.5 Å². The minimum absolute atomic E-state index is 0.0561. The molecular formula is C21H24FN3O3. The number of halogens is 1. The first-order valence-corrected chi connectivity index (χ1v) is 9.35. The minimum Gasteiger partial charge on any atom is -0.493 e. The molecule has 1 aliphatic heterocycles. The molecule has 1 aliphatic rings. The van der Waals surface area contributed by atoms with Crippen LogP contribution < -0.4 is 10.1 Å². The minimum atomic E-state index is -0.343. The predicted octanol–water partition coefficient (Wildman–Crippen LogP) is 2.62. The molecular weight excluding hydrogens is 361 g/mol. The van der Waals surface area contributed by atoms with Crippen molar-refractivity contribution in [3.05, 3.63) is 59.9 Å². The smallest absolute Gasteiger partial charge is 0.257 e. The van der Waals surface area contributed by atoms with Gasteiger partial charge in [0.25, 0.3) is 5.91 Å². The van der Waals surface area contributed by atoms with Gasteiger partial charge in [-0.25, -0.2) is 4.39 Å². The molecule has 0 aliphatic carbocycles. The Balaban J connectivity index is 1.51. The highest BCUT2D eigenvalue weighted by Crippen LogP contribution is 2.20. The Labute approximate surface area is 163 Å². The average molecular weight is 385 g/mol. The third-order valence-corrected chi connectivity index (χ3v) is 4.57. The summed E-state index contributed by atoms with van der Waals surface area (Å²) in [6.07, 6.45) is 0. The van der Waals surface area contributed by atoms with E-state index in [1.807, 2.05) is 24.0 Å². The van der Waals surface area contributed by atoms with Crippen LogP contribution in [0.15, 0.2) is 48.5 Å². The van der Waals surface area contributed by atoms with Gasteiger partial charge in [0, 0.05) is 31.9 Å². The van der Waals surface area contributed by atoms with Gasteiger partial charge in [-0.2, -0.15) is 0 Å². The van der Waals surface area contributed by atoms with Crippen LogP contribution in [0.1, 0.15) is 17.3 Å². The highest BCUT2D eigenvalue weighted by atomic mass is 19.1. The summed E-state index contributed by atoms with van der Waals surface area (Å²) in [5.41, 5.74) is 1.12. The number of nitrogens with one attached hydrogen (secondary N) is 1. The first-order valence-electron chi connectivity index (χ1n) is 9.35. The molecule has 28 heavy (non-hydrogen) atoms. The summed E-state index contributed by atoms with van der Waals surface area (Å²) in [5.74, 6) is 0.0355. The van der Waals surface area contributed by atoms with E-state index < -0.39 is 0 Å². The quantitative estimate of drug-likeness (QED) is 0.830. The van der Waals surface area contributed by atoms with Crippen LogP contribution in [0, 0.1) is 5.82 Å². The van der Waals surface area contributed by atoms with Gasteiger partial charge in [-0.1, -0.05) is 12.1 Å². The van der Waals surface area contributed by atoms with Gasteiger partial charge in [0.15, 0.2) is 0 Å². The molecule has 7 heteroatoms. The fraction of sp³-hybridized carbons (Fsp3) is 0.333. The molecule has 1 fully saturated rings. The number of benzene rings is 2. The number of rotatable bonds is 6. The zero-order valence-corrected chi connectivity index (χ0v) is 15.9. The molecule has 148 valence electrons. The second-order valence-electron chi connectivity index (χ2n) is 6.55. The molecule has 0 saturated carbocycles. The van der Waals surface area contributed by atoms with E-state index in [0.29, 0.717) is 49.8 Å². The van der Waals surface area contributed by atoms with E-state index in [2.05, 4.69) is 5.32 Å². The average Bonchev–Trinajstić information content (AvgIpc) is 2.70. The van der Waals surface area contributed by atoms with Gasteiger partial charge < -0.3 is 15.0 Å². The second-order valence-corrected chi connectivity index (χ2v) is 6.55. The van der Waals surface area contributed by atoms with Gasteiger partial charge in [0.2, 0.25) is 5.91 Å². The zero-order chi connectivity index (χ0) is 19.9. The maximum atomic E-state index is 12.9. The molecule has 0 atom stereocenters. The predicted molar refractivity (Wildman–Crippen MR) is 105 cm³/mol. The van der Waals surface area contributed by atoms with Crippen molar-refractivity contribution in [2.45, 2.75) is 6.92 Å². The Bertz CT molecular complexity index is 818. The van der Waals surface area contributed by atoms with Crippen LogP contribution in [0.5, 0.6) is 5.75 Å². The summed E-state index contributed by atoms with van der Waals surface area (Å²) in [4.78, 5) is 28.8. The van der Waals surface area contributed by atoms with Crippen LogP contribution in [0.3, 0.4) is 0 Å². The SMILES string of the molecule is CCOc1ccccc1C(=O)N1CCN(CC(=O)Nc2ccc(F)cc2)CC1. The van der Waals surface area contributed by atoms with E-state index in [1.54, 1.807) is 17.0 Å². The molecule has 0 aromatic heterocycles. The van der Waals surface area contributed by atoms with Gasteiger partial charge >= 0.3 is 0 Å². The Morgan fingerprint density at radius 2 is 1.71 bits per heavy atom. The van der Waals surface area contributed by atoms with Crippen molar-refractivity contribution in [1.82, 2.24) is 9.80 Å². The molecule has 0 spiro atoms. The number of nitrogens with zero attached hydrogens (tertiary/aromatic N) is 2. The van der Waals surface area contributed by atoms with Crippen LogP contribution in [0.25, 0.3) is 0 Å². The van der Waals surface area contributed by atoms with E-state index in [0.717, 1.165) is 0 Å². The number of carbonyl (C=O) groups excluding carboxylic acids is 2. The molecule has 1 heterocycles. The lowest BCUT2D eigenvalue weighted by atomic mass is 10.1. The fourth-order valence-corrected chi connectivity index (χ4v) is 3.14. The molecule has 6 nitrogen and oxygen atoms in total. The topological polar surface area (TPSA) is 61.9 Å². The monoisotopic (exact) mass is 385 g/mol. The van der Waals surface area contributed by atoms with E-state index in [1.165, 1.54) is 24.3 Å². The van der Waals surface area contributed by atoms with Gasteiger partial charge in [0.05, 0.1) is 18.7 Å². The zero-order valence-electron chi connectivity index (χ0n) is 15.9. The summed E-state index contributed by atoms with van der Waals surface area (Å²) < 4.78 is 18.5. The van der Waals surface area contributed by atoms with E-state index in [-0.39, 0.29) is 24.2 Å². The van der Waals surface area contributed by atoms with Crippen LogP contribution >= 0.6 is 0 Å². The summed E-state index contributed by atoms with van der Waals surface area (Å²) in [5, 5.41) is 2.75. The highest BCUT2D eigenvalue weighted by Gasteiger charge is 2.25. The maximum Gasteiger partial charge on any atom is 0.257 e. The van der Waals surface area contributed by atoms with E-state index in [4.69, 9.17) is 4.74 Å². The Morgan fingerprint density at radius 1 is 1.04 bits per heavy atom. The molecule has 2 aromatic carbocycles. The second kappa shape index (κ2) is 9.32. The number of piperazine rings is 1. The standard InChI is InChI=1S/C21H24FN3O3/c1-2-28-19-6-4-3-5-18(19)21(27)25-13-11-24(12-14-25)15-20(26)23-17-9-7-16(22)8-10-17/h3-10H,2,11-15H2,1H3,(H,23,26). The van der Waals surface area contributed by atoms with Crippen LogP contribution in [0.2, 0.25) is 0 Å². The third-order valence-electron chi connectivity index (χ3n) is 4.57. The summed E-state index contributed by atoms with van der Waals surface area (Å²) >= 11 is 0. The van der Waals surface area contributed by atoms with Gasteiger partial charge in [-0.15, -0.1) is 0 Å². The molecule has 2 aromatic rings. The number of ether oxygens (including phenoxy) is 1. The number of anilines is 1. The molecule has 3 rings (SSSR count). The summed E-state index contributed by atoms with van der Waals surface area (Å²) in [7, 11) is 0. The van der Waals surface area contributed by atoms with E-state index in [9.17, 15) is 14.0 Å². The van der Waals surface area contributed by atoms with Crippen molar-refractivity contribution in [2.75, 3.05) is 44.6 Å². The molecule has 1 N–H and O–H groups in total. The van der Waals surface area contributed by atoms with Crippen molar-refractivity contribution < 1.29 is 18.7 Å². The molecule has 0 radical (unpaired) electrons. The lowest BCUT2D eigenvalue weighted by molar-refractivity contribution is -0.117. The highest BCUT2D eigenvalue weighted by molar-refractivity contribution is 5.97. The lowest BCUT2D eigenvalue weighted by Gasteiger charge is -2.34. The molecule has 0 bridgehead atoms. The molecule has 0 unspecified atom stereocenters. The lowest BCUT2D eigenvalue weighted by Crippen LogP contribution is -2.50. The third kappa shape index (κ3) is 5.07. The van der Waals surface area contributed by atoms with Crippen LogP contribution in [-0.4, -0.2) is 60.9 Å². The number of amides is 2. The maximum absolute atomic E-state index is 12.9. The van der Waals surface area contributed by atoms with Crippen molar-refractivity contribution in [1.29, 1.82) is 0 Å². The number of hydrogen-bond acceptors (Lipinski definition) is 4. The number of para-hydroxylation sites is 1. The number of carbonyl (C=O) groups is 2. The van der Waals surface area contributed by atoms with Gasteiger partial charge in [-0.05, 0) is 43.3 Å². The normalized spacial score (nSPS) is 14.6. The first-order chi connectivity index (χ1) is 13.6. The first kappa shape index (κ1) is 19.8. The molecule has 1 saturated heterocycles. The largest absolute Gasteiger partial charge is 0.493 e. The van der Waals surface area contributed by atoms with Crippen molar-refractivity contribution in [3.63, 3.8) is 0 Å². The summed E-state index contributed by atoms with van der Waals surface area (Å²) in [6.45, 7) is 4.93. The van der Waals surface area contributed by atoms with Crippen molar-refractivity contribution >= 4 is 17.5 Å². The number of hydrogen-bond donors (Lipinski definition) is 1. The van der Waals surface area contributed by atoms with Crippen LogP contribution in [-0.2, 0) is 4.79 Å². The Kier molecular flexibility index (Phi) is 6.60. The Morgan fingerprint density at radius 3 is 2.39 bits per heavy atom. The van der Waals surface area contributed by atoms with Crippen LogP contribution in [0.4, 0.5) is 10.1 Å². The van der Waals surface area contributed by atoms with Crippen molar-refractivity contribution in [2.24, 2.45) is 0 Å². The fourth-order valence-electron chi connectivity index (χ4n) is 3.14.